The maximum Gasteiger partial charge on any atom is 0.417 e. The number of oxazole rings is 1. The molecule has 17 heavy (non-hydrogen) atoms. The van der Waals surface area contributed by atoms with Gasteiger partial charge in [-0.2, -0.15) is 0 Å². The van der Waals surface area contributed by atoms with Crippen molar-refractivity contribution in [3.05, 3.63) is 34.3 Å². The van der Waals surface area contributed by atoms with E-state index in [2.05, 4.69) is 9.72 Å². The van der Waals surface area contributed by atoms with Gasteiger partial charge in [-0.05, 0) is 17.7 Å². The fraction of sp³-hybridized carbons (Fsp3) is 0.273. The van der Waals surface area contributed by atoms with Crippen LogP contribution in [0.3, 0.4) is 0 Å². The molecule has 1 aromatic heterocycles. The number of aromatic amines is 1. The molecular formula is C11H12N2O4. The second-order valence-corrected chi connectivity index (χ2v) is 3.67. The Morgan fingerprint density at radius 2 is 2.29 bits per heavy atom. The minimum atomic E-state index is -0.488. The maximum absolute atomic E-state index is 11.2. The van der Waals surface area contributed by atoms with E-state index < -0.39 is 11.8 Å². The number of amides is 1. The van der Waals surface area contributed by atoms with Gasteiger partial charge in [0.1, 0.15) is 0 Å². The third kappa shape index (κ3) is 2.30. The Hall–Kier alpha value is -2.24. The molecule has 0 unspecified atom stereocenters. The molecule has 0 aliphatic heterocycles. The van der Waals surface area contributed by atoms with Crippen molar-refractivity contribution in [3.8, 4) is 0 Å². The average Bonchev–Trinajstić information content (AvgIpc) is 2.67. The summed E-state index contributed by atoms with van der Waals surface area (Å²) in [6.07, 6.45) is -0.416. The zero-order chi connectivity index (χ0) is 12.4. The van der Waals surface area contributed by atoms with E-state index in [1.807, 2.05) is 6.07 Å². The number of nitrogens with one attached hydrogen (secondary N) is 1. The fourth-order valence-electron chi connectivity index (χ4n) is 1.58. The first-order valence-corrected chi connectivity index (χ1v) is 5.01. The molecule has 0 aliphatic rings. The Kier molecular flexibility index (Phi) is 2.86. The molecule has 1 heterocycles. The molecule has 1 N–H and O–H groups in total. The van der Waals surface area contributed by atoms with Gasteiger partial charge in [-0.1, -0.05) is 6.07 Å². The topological polar surface area (TPSA) is 75.5 Å². The number of rotatable bonds is 2. The van der Waals surface area contributed by atoms with Crippen molar-refractivity contribution in [1.82, 2.24) is 9.88 Å². The van der Waals surface area contributed by atoms with E-state index in [0.29, 0.717) is 17.6 Å². The number of ether oxygens (including phenoxy) is 1. The molecule has 0 atom stereocenters. The monoisotopic (exact) mass is 236 g/mol. The molecule has 0 saturated carbocycles. The molecule has 0 saturated heterocycles. The lowest BCUT2D eigenvalue weighted by Crippen LogP contribution is -2.25. The van der Waals surface area contributed by atoms with Crippen LogP contribution >= 0.6 is 0 Å². The highest BCUT2D eigenvalue weighted by Crippen LogP contribution is 2.13. The first-order chi connectivity index (χ1) is 8.10. The van der Waals surface area contributed by atoms with Crippen LogP contribution in [0.1, 0.15) is 5.56 Å². The van der Waals surface area contributed by atoms with E-state index >= 15 is 0 Å². The molecule has 90 valence electrons. The summed E-state index contributed by atoms with van der Waals surface area (Å²) in [6, 6.07) is 5.26. The Balaban J connectivity index is 2.24. The molecule has 6 heteroatoms. The van der Waals surface area contributed by atoms with Crippen molar-refractivity contribution in [2.24, 2.45) is 0 Å². The molecule has 6 nitrogen and oxygen atoms in total. The third-order valence-electron chi connectivity index (χ3n) is 2.39. The van der Waals surface area contributed by atoms with Gasteiger partial charge in [-0.25, -0.2) is 9.59 Å². The highest BCUT2D eigenvalue weighted by atomic mass is 16.5. The average molecular weight is 236 g/mol. The van der Waals surface area contributed by atoms with Gasteiger partial charge in [-0.15, -0.1) is 0 Å². The van der Waals surface area contributed by atoms with Crippen LogP contribution in [0.2, 0.25) is 0 Å². The van der Waals surface area contributed by atoms with E-state index in [9.17, 15) is 9.59 Å². The number of H-pyrrole nitrogens is 1. The Labute approximate surface area is 96.8 Å². The summed E-state index contributed by atoms with van der Waals surface area (Å²) in [6.45, 7) is 0.386. The van der Waals surface area contributed by atoms with E-state index in [1.165, 1.54) is 12.0 Å². The molecule has 1 amide bonds. The van der Waals surface area contributed by atoms with Crippen LogP contribution in [0.15, 0.2) is 27.4 Å². The molecule has 2 rings (SSSR count). The van der Waals surface area contributed by atoms with Crippen molar-refractivity contribution < 1.29 is 13.9 Å². The van der Waals surface area contributed by atoms with Crippen LogP contribution in [0, 0.1) is 0 Å². The molecule has 0 fully saturated rings. The Bertz CT molecular complexity index is 599. The fourth-order valence-corrected chi connectivity index (χ4v) is 1.58. The minimum Gasteiger partial charge on any atom is -0.453 e. The van der Waals surface area contributed by atoms with Crippen LogP contribution in [-0.4, -0.2) is 30.1 Å². The summed E-state index contributed by atoms with van der Waals surface area (Å²) in [5.41, 5.74) is 1.97. The van der Waals surface area contributed by atoms with Gasteiger partial charge in [0.05, 0.1) is 12.6 Å². The van der Waals surface area contributed by atoms with Crippen molar-refractivity contribution in [2.45, 2.75) is 6.54 Å². The predicted molar refractivity (Wildman–Crippen MR) is 60.7 cm³/mol. The minimum absolute atomic E-state index is 0.386. The van der Waals surface area contributed by atoms with Crippen LogP contribution in [0.4, 0.5) is 4.79 Å². The van der Waals surface area contributed by atoms with Crippen molar-refractivity contribution in [3.63, 3.8) is 0 Å². The number of nitrogens with zero attached hydrogens (tertiary/aromatic N) is 1. The van der Waals surface area contributed by atoms with E-state index in [1.54, 1.807) is 19.2 Å². The van der Waals surface area contributed by atoms with E-state index in [-0.39, 0.29) is 0 Å². The van der Waals surface area contributed by atoms with Crippen molar-refractivity contribution >= 4 is 17.2 Å². The van der Waals surface area contributed by atoms with Gasteiger partial charge >= 0.3 is 11.8 Å². The molecule has 0 bridgehead atoms. The number of fused-ring (bicyclic) bond motifs is 1. The Morgan fingerprint density at radius 3 is 3.00 bits per heavy atom. The maximum atomic E-state index is 11.2. The number of hydrogen-bond donors (Lipinski definition) is 1. The summed E-state index contributed by atoms with van der Waals surface area (Å²) >= 11 is 0. The largest absolute Gasteiger partial charge is 0.453 e. The van der Waals surface area contributed by atoms with Crippen LogP contribution in [0.5, 0.6) is 0 Å². The molecule has 1 aromatic carbocycles. The molecule has 0 spiro atoms. The first kappa shape index (κ1) is 11.3. The summed E-state index contributed by atoms with van der Waals surface area (Å²) in [5.74, 6) is -0.488. The van der Waals surface area contributed by atoms with Gasteiger partial charge < -0.3 is 14.1 Å². The summed E-state index contributed by atoms with van der Waals surface area (Å²) < 4.78 is 9.51. The summed E-state index contributed by atoms with van der Waals surface area (Å²) in [4.78, 5) is 26.1. The second kappa shape index (κ2) is 4.32. The zero-order valence-electron chi connectivity index (χ0n) is 9.52. The summed E-state index contributed by atoms with van der Waals surface area (Å²) in [7, 11) is 2.95. The lowest BCUT2D eigenvalue weighted by molar-refractivity contribution is 0.131. The van der Waals surface area contributed by atoms with Crippen molar-refractivity contribution in [2.75, 3.05) is 14.2 Å². The lowest BCUT2D eigenvalue weighted by Gasteiger charge is -2.14. The number of carbonyl (C=O) groups excluding carboxylic acids is 1. The highest BCUT2D eigenvalue weighted by molar-refractivity contribution is 5.73. The second-order valence-electron chi connectivity index (χ2n) is 3.67. The number of benzene rings is 1. The SMILES string of the molecule is COC(=O)N(C)Cc1ccc2[nH]c(=O)oc2c1. The summed E-state index contributed by atoms with van der Waals surface area (Å²) in [5, 5.41) is 0. The van der Waals surface area contributed by atoms with Gasteiger partial charge in [-0.3, -0.25) is 4.98 Å². The van der Waals surface area contributed by atoms with Crippen LogP contribution in [-0.2, 0) is 11.3 Å². The molecule has 0 aliphatic carbocycles. The van der Waals surface area contributed by atoms with E-state index in [0.717, 1.165) is 5.56 Å². The number of carbonyl (C=O) groups is 1. The highest BCUT2D eigenvalue weighted by Gasteiger charge is 2.09. The first-order valence-electron chi connectivity index (χ1n) is 5.01. The van der Waals surface area contributed by atoms with E-state index in [4.69, 9.17) is 4.42 Å². The van der Waals surface area contributed by atoms with Crippen LogP contribution < -0.4 is 5.76 Å². The number of aromatic nitrogens is 1. The predicted octanol–water partition coefficient (Wildman–Crippen LogP) is 1.32. The smallest absolute Gasteiger partial charge is 0.417 e. The van der Waals surface area contributed by atoms with Gasteiger partial charge in [0.25, 0.3) is 0 Å². The van der Waals surface area contributed by atoms with Crippen LogP contribution in [0.25, 0.3) is 11.1 Å². The van der Waals surface area contributed by atoms with Crippen molar-refractivity contribution in [1.29, 1.82) is 0 Å². The molecular weight excluding hydrogens is 224 g/mol. The molecule has 2 aromatic rings. The number of hydrogen-bond acceptors (Lipinski definition) is 4. The zero-order valence-corrected chi connectivity index (χ0v) is 9.52. The lowest BCUT2D eigenvalue weighted by atomic mass is 10.2. The quantitative estimate of drug-likeness (QED) is 0.853. The van der Waals surface area contributed by atoms with Gasteiger partial charge in [0.15, 0.2) is 5.58 Å². The number of methoxy groups -OCH3 is 1. The standard InChI is InChI=1S/C11H12N2O4/c1-13(11(15)16-2)6-7-3-4-8-9(5-7)17-10(14)12-8/h3-5H,6H2,1-2H3,(H,12,14). The Morgan fingerprint density at radius 1 is 1.53 bits per heavy atom. The van der Waals surface area contributed by atoms with Gasteiger partial charge in [0, 0.05) is 13.6 Å². The van der Waals surface area contributed by atoms with Gasteiger partial charge in [0.2, 0.25) is 0 Å². The molecule has 0 radical (unpaired) electrons. The third-order valence-corrected chi connectivity index (χ3v) is 2.39. The normalized spacial score (nSPS) is 10.5.